The highest BCUT2D eigenvalue weighted by atomic mass is 15.2. The number of benzene rings is 1. The fraction of sp³-hybridized carbons (Fsp3) is 0.647. The van der Waals surface area contributed by atoms with Gasteiger partial charge >= 0.3 is 0 Å². The Morgan fingerprint density at radius 3 is 2.05 bits per heavy atom. The van der Waals surface area contributed by atoms with Crippen molar-refractivity contribution in [3.05, 3.63) is 35.4 Å². The maximum Gasteiger partial charge on any atom is 0.0253 e. The minimum Gasteiger partial charge on any atom is -0.271 e. The Labute approximate surface area is 118 Å². The molecule has 3 N–H and O–H groups in total. The first-order chi connectivity index (χ1) is 8.86. The molecular weight excluding hydrogens is 232 g/mol. The summed E-state index contributed by atoms with van der Waals surface area (Å²) >= 11 is 0. The lowest BCUT2D eigenvalue weighted by Crippen LogP contribution is -2.39. The Morgan fingerprint density at radius 2 is 1.63 bits per heavy atom. The predicted octanol–water partition coefficient (Wildman–Crippen LogP) is 3.70. The molecule has 0 saturated carbocycles. The molecule has 19 heavy (non-hydrogen) atoms. The van der Waals surface area contributed by atoms with Crippen LogP contribution in [0.5, 0.6) is 0 Å². The van der Waals surface area contributed by atoms with Crippen LogP contribution in [-0.4, -0.2) is 6.04 Å². The van der Waals surface area contributed by atoms with Crippen LogP contribution in [0.2, 0.25) is 0 Å². The van der Waals surface area contributed by atoms with E-state index >= 15 is 0 Å². The van der Waals surface area contributed by atoms with Gasteiger partial charge in [0.05, 0.1) is 0 Å². The molecule has 0 aliphatic carbocycles. The molecule has 2 nitrogen and oxygen atoms in total. The summed E-state index contributed by atoms with van der Waals surface area (Å²) in [7, 11) is 0. The quantitative estimate of drug-likeness (QED) is 0.606. The van der Waals surface area contributed by atoms with Crippen molar-refractivity contribution in [2.45, 2.75) is 59.9 Å². The van der Waals surface area contributed by atoms with Gasteiger partial charge in [0.25, 0.3) is 0 Å². The smallest absolute Gasteiger partial charge is 0.0253 e. The molecule has 1 aromatic carbocycles. The van der Waals surface area contributed by atoms with Crippen molar-refractivity contribution >= 4 is 0 Å². The van der Waals surface area contributed by atoms with Crippen LogP contribution in [0.4, 0.5) is 0 Å². The molecule has 0 aliphatic rings. The first kappa shape index (κ1) is 16.2. The van der Waals surface area contributed by atoms with Crippen LogP contribution >= 0.6 is 0 Å². The SMILES string of the molecule is CCc1ccc(CC(CC(C)C(C)(C)C)NN)cc1. The van der Waals surface area contributed by atoms with Crippen molar-refractivity contribution in [3.63, 3.8) is 0 Å². The van der Waals surface area contributed by atoms with Gasteiger partial charge in [-0.3, -0.25) is 11.3 Å². The molecule has 2 unspecified atom stereocenters. The third kappa shape index (κ3) is 5.33. The van der Waals surface area contributed by atoms with E-state index in [9.17, 15) is 0 Å². The van der Waals surface area contributed by atoms with E-state index in [1.54, 1.807) is 0 Å². The topological polar surface area (TPSA) is 38.0 Å². The third-order valence-corrected chi connectivity index (χ3v) is 4.27. The molecule has 2 atom stereocenters. The Bertz CT molecular complexity index is 362. The largest absolute Gasteiger partial charge is 0.271 e. The summed E-state index contributed by atoms with van der Waals surface area (Å²) in [6.45, 7) is 11.4. The van der Waals surface area contributed by atoms with E-state index < -0.39 is 0 Å². The maximum atomic E-state index is 5.72. The molecule has 0 fully saturated rings. The van der Waals surface area contributed by atoms with Crippen molar-refractivity contribution < 1.29 is 0 Å². The summed E-state index contributed by atoms with van der Waals surface area (Å²) in [5.41, 5.74) is 6.07. The Kier molecular flexibility index (Phi) is 6.02. The van der Waals surface area contributed by atoms with Crippen LogP contribution in [0, 0.1) is 11.3 Å². The van der Waals surface area contributed by atoms with E-state index in [1.165, 1.54) is 11.1 Å². The van der Waals surface area contributed by atoms with Crippen molar-refractivity contribution in [2.75, 3.05) is 0 Å². The number of hydrogen-bond donors (Lipinski definition) is 2. The van der Waals surface area contributed by atoms with Crippen LogP contribution in [0.1, 0.15) is 52.2 Å². The third-order valence-electron chi connectivity index (χ3n) is 4.27. The Hall–Kier alpha value is -0.860. The molecule has 0 bridgehead atoms. The molecule has 0 aromatic heterocycles. The fourth-order valence-electron chi connectivity index (χ4n) is 2.19. The van der Waals surface area contributed by atoms with Gasteiger partial charge in [-0.15, -0.1) is 0 Å². The zero-order chi connectivity index (χ0) is 14.5. The molecule has 108 valence electrons. The number of rotatable bonds is 6. The van der Waals surface area contributed by atoms with Gasteiger partial charge in [0.2, 0.25) is 0 Å². The van der Waals surface area contributed by atoms with Gasteiger partial charge in [-0.05, 0) is 41.7 Å². The van der Waals surface area contributed by atoms with Crippen LogP contribution in [0.25, 0.3) is 0 Å². The number of aryl methyl sites for hydroxylation is 1. The average molecular weight is 262 g/mol. The van der Waals surface area contributed by atoms with Gasteiger partial charge in [0.1, 0.15) is 0 Å². The molecular formula is C17H30N2. The zero-order valence-corrected chi connectivity index (χ0v) is 13.2. The van der Waals surface area contributed by atoms with E-state index in [1.807, 2.05) is 0 Å². The second-order valence-electron chi connectivity index (χ2n) is 6.74. The molecule has 0 radical (unpaired) electrons. The predicted molar refractivity (Wildman–Crippen MR) is 83.9 cm³/mol. The van der Waals surface area contributed by atoms with Gasteiger partial charge in [-0.25, -0.2) is 0 Å². The molecule has 0 spiro atoms. The lowest BCUT2D eigenvalue weighted by Gasteiger charge is -2.30. The second-order valence-corrected chi connectivity index (χ2v) is 6.74. The summed E-state index contributed by atoms with van der Waals surface area (Å²) in [5, 5.41) is 0. The van der Waals surface area contributed by atoms with E-state index in [0.29, 0.717) is 17.4 Å². The maximum absolute atomic E-state index is 5.72. The number of hydrogen-bond acceptors (Lipinski definition) is 2. The van der Waals surface area contributed by atoms with Crippen LogP contribution in [0.3, 0.4) is 0 Å². The van der Waals surface area contributed by atoms with Crippen molar-refractivity contribution in [1.29, 1.82) is 0 Å². The lowest BCUT2D eigenvalue weighted by atomic mass is 9.78. The molecule has 0 saturated heterocycles. The summed E-state index contributed by atoms with van der Waals surface area (Å²) in [4.78, 5) is 0. The van der Waals surface area contributed by atoms with E-state index in [-0.39, 0.29) is 0 Å². The first-order valence-electron chi connectivity index (χ1n) is 7.40. The molecule has 0 amide bonds. The van der Waals surface area contributed by atoms with Gasteiger partial charge in [0.15, 0.2) is 0 Å². The van der Waals surface area contributed by atoms with E-state index in [4.69, 9.17) is 5.84 Å². The molecule has 1 aromatic rings. The second kappa shape index (κ2) is 7.06. The number of nitrogens with two attached hydrogens (primary N) is 1. The fourth-order valence-corrected chi connectivity index (χ4v) is 2.19. The normalized spacial score (nSPS) is 15.3. The van der Waals surface area contributed by atoms with Crippen molar-refractivity contribution in [1.82, 2.24) is 5.43 Å². The summed E-state index contributed by atoms with van der Waals surface area (Å²) in [5.74, 6) is 6.36. The van der Waals surface area contributed by atoms with E-state index in [2.05, 4.69) is 64.3 Å². The first-order valence-corrected chi connectivity index (χ1v) is 7.40. The van der Waals surface area contributed by atoms with Crippen LogP contribution < -0.4 is 11.3 Å². The van der Waals surface area contributed by atoms with Crippen molar-refractivity contribution in [2.24, 2.45) is 17.2 Å². The highest BCUT2D eigenvalue weighted by molar-refractivity contribution is 5.23. The highest BCUT2D eigenvalue weighted by Gasteiger charge is 2.23. The van der Waals surface area contributed by atoms with Crippen LogP contribution in [0.15, 0.2) is 24.3 Å². The summed E-state index contributed by atoms with van der Waals surface area (Å²) < 4.78 is 0. The minimum absolute atomic E-state index is 0.334. The van der Waals surface area contributed by atoms with Crippen LogP contribution in [-0.2, 0) is 12.8 Å². The molecule has 2 heteroatoms. The van der Waals surface area contributed by atoms with E-state index in [0.717, 1.165) is 19.3 Å². The van der Waals surface area contributed by atoms with Gasteiger partial charge in [-0.2, -0.15) is 0 Å². The molecule has 1 rings (SSSR count). The molecule has 0 heterocycles. The summed E-state index contributed by atoms with van der Waals surface area (Å²) in [6.07, 6.45) is 3.20. The monoisotopic (exact) mass is 262 g/mol. The van der Waals surface area contributed by atoms with Gasteiger partial charge in [-0.1, -0.05) is 58.9 Å². The van der Waals surface area contributed by atoms with Gasteiger partial charge in [0, 0.05) is 6.04 Å². The minimum atomic E-state index is 0.334. The van der Waals surface area contributed by atoms with Gasteiger partial charge < -0.3 is 0 Å². The highest BCUT2D eigenvalue weighted by Crippen LogP contribution is 2.29. The Morgan fingerprint density at radius 1 is 1.11 bits per heavy atom. The Balaban J connectivity index is 2.60. The summed E-state index contributed by atoms with van der Waals surface area (Å²) in [6, 6.07) is 9.24. The lowest BCUT2D eigenvalue weighted by molar-refractivity contribution is 0.222. The standard InChI is InChI=1S/C17H30N2/c1-6-14-7-9-15(10-8-14)12-16(19-18)11-13(2)17(3,4)5/h7-10,13,16,19H,6,11-12,18H2,1-5H3. The molecule has 0 aliphatic heterocycles. The number of nitrogens with one attached hydrogen (secondary N) is 1. The zero-order valence-electron chi connectivity index (χ0n) is 13.2. The average Bonchev–Trinajstić information content (AvgIpc) is 2.37. The van der Waals surface area contributed by atoms with Crippen molar-refractivity contribution in [3.8, 4) is 0 Å². The number of hydrazine groups is 1.